The van der Waals surface area contributed by atoms with Crippen LogP contribution in [-0.4, -0.2) is 90.7 Å². The Kier molecular flexibility index (Phi) is 8.88. The molecule has 3 fully saturated rings. The summed E-state index contributed by atoms with van der Waals surface area (Å²) in [5, 5.41) is 6.47. The number of hydrogen-bond donors (Lipinski definition) is 2. The van der Waals surface area contributed by atoms with Crippen molar-refractivity contribution in [3.8, 4) is 5.75 Å². The summed E-state index contributed by atoms with van der Waals surface area (Å²) in [6.45, 7) is 3.30. The summed E-state index contributed by atoms with van der Waals surface area (Å²) >= 11 is 0. The maximum absolute atomic E-state index is 13.5. The Morgan fingerprint density at radius 2 is 1.86 bits per heavy atom. The van der Waals surface area contributed by atoms with Crippen LogP contribution in [0.1, 0.15) is 75.1 Å². The molecule has 1 saturated heterocycles. The molecule has 2 aromatic rings. The monoisotopic (exact) mass is 605 g/mol. The summed E-state index contributed by atoms with van der Waals surface area (Å²) in [7, 11) is 3.33. The number of fused-ring (bicyclic) bond motifs is 1. The van der Waals surface area contributed by atoms with Crippen LogP contribution in [0.5, 0.6) is 5.75 Å². The van der Waals surface area contributed by atoms with Gasteiger partial charge in [0.2, 0.25) is 11.9 Å². The summed E-state index contributed by atoms with van der Waals surface area (Å²) in [5.41, 5.74) is 1.77. The molecule has 2 aliphatic heterocycles. The van der Waals surface area contributed by atoms with Crippen LogP contribution in [0.25, 0.3) is 0 Å². The normalized spacial score (nSPS) is 22.7. The van der Waals surface area contributed by atoms with Crippen molar-refractivity contribution < 1.29 is 23.9 Å². The van der Waals surface area contributed by atoms with E-state index in [2.05, 4.69) is 20.5 Å². The second-order valence-corrected chi connectivity index (χ2v) is 12.2. The number of ether oxygens (including phenoxy) is 2. The summed E-state index contributed by atoms with van der Waals surface area (Å²) < 4.78 is 11.4. The van der Waals surface area contributed by atoms with E-state index in [1.807, 2.05) is 6.92 Å². The number of hydrogen-bond acceptors (Lipinski definition) is 10. The largest absolute Gasteiger partial charge is 0.495 e. The topological polar surface area (TPSA) is 129 Å². The number of rotatable bonds is 8. The van der Waals surface area contributed by atoms with Gasteiger partial charge in [0.05, 0.1) is 19.0 Å². The minimum absolute atomic E-state index is 0.0129. The number of likely N-dealkylation sites (N-methyl/N-ethyl adjacent to an activating group) is 1. The van der Waals surface area contributed by atoms with E-state index in [9.17, 15) is 14.4 Å². The van der Waals surface area contributed by atoms with Gasteiger partial charge in [-0.15, -0.1) is 0 Å². The van der Waals surface area contributed by atoms with Crippen LogP contribution in [0, 0.1) is 0 Å². The third-order valence-corrected chi connectivity index (χ3v) is 9.44. The van der Waals surface area contributed by atoms with Gasteiger partial charge in [-0.25, -0.2) is 4.98 Å². The predicted octanol–water partition coefficient (Wildman–Crippen LogP) is 3.63. The highest BCUT2D eigenvalue weighted by atomic mass is 16.5. The summed E-state index contributed by atoms with van der Waals surface area (Å²) in [6.07, 6.45) is 10.7. The molecule has 6 rings (SSSR count). The third kappa shape index (κ3) is 5.91. The zero-order chi connectivity index (χ0) is 30.8. The van der Waals surface area contributed by atoms with E-state index in [1.165, 1.54) is 0 Å². The van der Waals surface area contributed by atoms with Crippen molar-refractivity contribution in [3.63, 3.8) is 0 Å². The Hall–Kier alpha value is -3.93. The molecule has 12 nitrogen and oxygen atoms in total. The molecule has 12 heteroatoms. The Balaban J connectivity index is 1.19. The molecule has 2 amide bonds. The summed E-state index contributed by atoms with van der Waals surface area (Å²) in [4.78, 5) is 54.4. The van der Waals surface area contributed by atoms with Gasteiger partial charge in [0.15, 0.2) is 5.82 Å². The van der Waals surface area contributed by atoms with Gasteiger partial charge in [-0.2, -0.15) is 4.98 Å². The lowest BCUT2D eigenvalue weighted by Gasteiger charge is -2.43. The molecule has 236 valence electrons. The molecule has 2 saturated carbocycles. The first kappa shape index (κ1) is 30.1. The van der Waals surface area contributed by atoms with E-state index in [-0.39, 0.29) is 42.5 Å². The van der Waals surface area contributed by atoms with Crippen LogP contribution >= 0.6 is 0 Å². The molecule has 2 aliphatic carbocycles. The second kappa shape index (κ2) is 13.0. The number of nitrogens with one attached hydrogen (secondary N) is 2. The number of carbonyl (C=O) groups excluding carboxylic acids is 3. The lowest BCUT2D eigenvalue weighted by molar-refractivity contribution is -0.152. The van der Waals surface area contributed by atoms with Gasteiger partial charge >= 0.3 is 5.97 Å². The number of esters is 1. The van der Waals surface area contributed by atoms with Crippen LogP contribution < -0.4 is 25.2 Å². The SMILES string of the molecule is CC[C@@H]1C(=O)N(C)c2cnc(Nc3ccc(C(=O)N4CCNC(C(=O)OC5CCCC5)C4)cc3OC)nc2N1C1CCCC1. The average Bonchev–Trinajstić information content (AvgIpc) is 3.77. The number of amides is 2. The zero-order valence-electron chi connectivity index (χ0n) is 25.9. The number of aromatic nitrogens is 2. The lowest BCUT2D eigenvalue weighted by atomic mass is 10.0. The molecule has 44 heavy (non-hydrogen) atoms. The number of methoxy groups -OCH3 is 1. The first-order valence-corrected chi connectivity index (χ1v) is 16.0. The molecule has 0 radical (unpaired) electrons. The van der Waals surface area contributed by atoms with E-state index in [0.29, 0.717) is 48.1 Å². The maximum Gasteiger partial charge on any atom is 0.325 e. The Bertz CT molecular complexity index is 1390. The van der Waals surface area contributed by atoms with E-state index < -0.39 is 6.04 Å². The molecule has 3 heterocycles. The van der Waals surface area contributed by atoms with Crippen LogP contribution in [0.2, 0.25) is 0 Å². The van der Waals surface area contributed by atoms with E-state index in [1.54, 1.807) is 48.4 Å². The van der Waals surface area contributed by atoms with Gasteiger partial charge in [-0.3, -0.25) is 14.4 Å². The number of carbonyl (C=O) groups is 3. The number of anilines is 4. The van der Waals surface area contributed by atoms with E-state index >= 15 is 0 Å². The molecule has 1 aromatic carbocycles. The first-order valence-electron chi connectivity index (χ1n) is 16.0. The van der Waals surface area contributed by atoms with Gasteiger partial charge < -0.3 is 34.8 Å². The third-order valence-electron chi connectivity index (χ3n) is 9.44. The minimum Gasteiger partial charge on any atom is -0.495 e. The Morgan fingerprint density at radius 1 is 1.11 bits per heavy atom. The van der Waals surface area contributed by atoms with Crippen molar-refractivity contribution in [1.82, 2.24) is 20.2 Å². The minimum atomic E-state index is -0.539. The van der Waals surface area contributed by atoms with Gasteiger partial charge in [0.1, 0.15) is 29.6 Å². The standard InChI is InChI=1S/C32H43N7O5/c1-4-25-30(41)37(2)26-18-34-32(36-28(26)39(25)21-9-5-6-10-21)35-23-14-13-20(17-27(23)43-3)29(40)38-16-15-33-24(19-38)31(42)44-22-11-7-8-12-22/h13-14,17-18,21-22,24-25,33H,4-12,15-16,19H2,1-3H3,(H,34,35,36)/t24?,25-/m1/s1. The molecule has 0 bridgehead atoms. The van der Waals surface area contributed by atoms with Crippen LogP contribution in [-0.2, 0) is 14.3 Å². The quantitative estimate of drug-likeness (QED) is 0.431. The number of piperazine rings is 1. The molecule has 1 unspecified atom stereocenters. The molecule has 0 spiro atoms. The van der Waals surface area contributed by atoms with Crippen molar-refractivity contribution in [1.29, 1.82) is 0 Å². The van der Waals surface area contributed by atoms with E-state index in [0.717, 1.165) is 57.2 Å². The van der Waals surface area contributed by atoms with Crippen molar-refractivity contribution >= 4 is 40.9 Å². The highest BCUT2D eigenvalue weighted by Gasteiger charge is 2.41. The van der Waals surface area contributed by atoms with E-state index in [4.69, 9.17) is 14.5 Å². The van der Waals surface area contributed by atoms with Crippen molar-refractivity contribution in [2.75, 3.05) is 48.9 Å². The van der Waals surface area contributed by atoms with Gasteiger partial charge in [0, 0.05) is 38.3 Å². The smallest absolute Gasteiger partial charge is 0.325 e. The average molecular weight is 606 g/mol. The molecule has 2 atom stereocenters. The summed E-state index contributed by atoms with van der Waals surface area (Å²) in [6, 6.07) is 4.69. The van der Waals surface area contributed by atoms with Gasteiger partial charge in [-0.1, -0.05) is 19.8 Å². The van der Waals surface area contributed by atoms with Crippen LogP contribution in [0.3, 0.4) is 0 Å². The molecule has 1 aromatic heterocycles. The summed E-state index contributed by atoms with van der Waals surface area (Å²) in [5.74, 6) is 1.21. The molecule has 2 N–H and O–H groups in total. The zero-order valence-corrected chi connectivity index (χ0v) is 25.9. The van der Waals surface area contributed by atoms with Gasteiger partial charge in [-0.05, 0) is 63.1 Å². The predicted molar refractivity (Wildman–Crippen MR) is 167 cm³/mol. The maximum atomic E-state index is 13.5. The number of benzene rings is 1. The molecule has 4 aliphatic rings. The second-order valence-electron chi connectivity index (χ2n) is 12.2. The fraction of sp³-hybridized carbons (Fsp3) is 0.594. The van der Waals surface area contributed by atoms with Crippen LogP contribution in [0.4, 0.5) is 23.1 Å². The fourth-order valence-corrected chi connectivity index (χ4v) is 7.02. The Morgan fingerprint density at radius 3 is 2.59 bits per heavy atom. The molecular weight excluding hydrogens is 562 g/mol. The molecular formula is C32H43N7O5. The number of nitrogens with zero attached hydrogens (tertiary/aromatic N) is 5. The van der Waals surface area contributed by atoms with Crippen molar-refractivity contribution in [2.45, 2.75) is 88.9 Å². The van der Waals surface area contributed by atoms with Crippen molar-refractivity contribution in [3.05, 3.63) is 30.0 Å². The van der Waals surface area contributed by atoms with Gasteiger partial charge in [0.25, 0.3) is 5.91 Å². The van der Waals surface area contributed by atoms with Crippen molar-refractivity contribution in [2.24, 2.45) is 0 Å². The highest BCUT2D eigenvalue weighted by molar-refractivity contribution is 6.04. The Labute approximate surface area is 258 Å². The van der Waals surface area contributed by atoms with Crippen LogP contribution in [0.15, 0.2) is 24.4 Å². The highest BCUT2D eigenvalue weighted by Crippen LogP contribution is 2.40. The first-order chi connectivity index (χ1) is 21.4. The fourth-order valence-electron chi connectivity index (χ4n) is 7.02. The lowest BCUT2D eigenvalue weighted by Crippen LogP contribution is -2.56.